The highest BCUT2D eigenvalue weighted by Gasteiger charge is 2.11. The Morgan fingerprint density at radius 3 is 2.26 bits per heavy atom. The van der Waals surface area contributed by atoms with Crippen LogP contribution in [-0.2, 0) is 0 Å². The molecule has 0 aliphatic carbocycles. The largest absolute Gasteiger partial charge is 0.497 e. The minimum absolute atomic E-state index is 0.219. The van der Waals surface area contributed by atoms with E-state index in [1.54, 1.807) is 7.11 Å². The highest BCUT2D eigenvalue weighted by molar-refractivity contribution is 5.31. The minimum atomic E-state index is -0.510. The van der Waals surface area contributed by atoms with Crippen molar-refractivity contribution < 1.29 is 14.6 Å². The summed E-state index contributed by atoms with van der Waals surface area (Å²) in [6.45, 7) is 8.14. The molecule has 4 heteroatoms. The third-order valence-electron chi connectivity index (χ3n) is 2.54. The number of hydrogen-bond donors (Lipinski definition) is 2. The Bertz CT molecular complexity index is 357. The number of aliphatic hydroxyl groups is 1. The zero-order valence-corrected chi connectivity index (χ0v) is 12.3. The molecule has 0 spiro atoms. The SMILES string of the molecule is COc1ccc(OCC(O)CNCC(C)(C)C)cc1. The van der Waals surface area contributed by atoms with E-state index in [-0.39, 0.29) is 12.0 Å². The van der Waals surface area contributed by atoms with E-state index in [1.807, 2.05) is 24.3 Å². The predicted molar refractivity (Wildman–Crippen MR) is 76.8 cm³/mol. The highest BCUT2D eigenvalue weighted by atomic mass is 16.5. The molecule has 1 aromatic rings. The molecule has 1 unspecified atom stereocenters. The lowest BCUT2D eigenvalue weighted by atomic mass is 9.97. The molecule has 0 heterocycles. The third-order valence-corrected chi connectivity index (χ3v) is 2.54. The van der Waals surface area contributed by atoms with Gasteiger partial charge < -0.3 is 19.9 Å². The van der Waals surface area contributed by atoms with Crippen LogP contribution in [0.15, 0.2) is 24.3 Å². The first kappa shape index (κ1) is 15.8. The van der Waals surface area contributed by atoms with Gasteiger partial charge in [-0.2, -0.15) is 0 Å². The molecule has 0 amide bonds. The fourth-order valence-corrected chi connectivity index (χ4v) is 1.54. The lowest BCUT2D eigenvalue weighted by Crippen LogP contribution is -2.36. The third kappa shape index (κ3) is 7.03. The van der Waals surface area contributed by atoms with Gasteiger partial charge in [-0.05, 0) is 29.7 Å². The van der Waals surface area contributed by atoms with E-state index in [0.29, 0.717) is 6.54 Å². The first-order valence-corrected chi connectivity index (χ1v) is 6.56. The van der Waals surface area contributed by atoms with Crippen molar-refractivity contribution in [1.29, 1.82) is 0 Å². The van der Waals surface area contributed by atoms with Gasteiger partial charge >= 0.3 is 0 Å². The van der Waals surface area contributed by atoms with Gasteiger partial charge in [-0.15, -0.1) is 0 Å². The summed E-state index contributed by atoms with van der Waals surface area (Å²) >= 11 is 0. The van der Waals surface area contributed by atoms with Gasteiger partial charge in [-0.3, -0.25) is 0 Å². The lowest BCUT2D eigenvalue weighted by molar-refractivity contribution is 0.104. The number of methoxy groups -OCH3 is 1. The topological polar surface area (TPSA) is 50.7 Å². The van der Waals surface area contributed by atoms with Gasteiger partial charge in [0.15, 0.2) is 0 Å². The number of ether oxygens (including phenoxy) is 2. The van der Waals surface area contributed by atoms with Crippen LogP contribution in [0.25, 0.3) is 0 Å². The van der Waals surface area contributed by atoms with Crippen molar-refractivity contribution in [3.8, 4) is 11.5 Å². The number of rotatable bonds is 7. The molecule has 0 aliphatic heterocycles. The summed E-state index contributed by atoms with van der Waals surface area (Å²) in [7, 11) is 1.63. The standard InChI is InChI=1S/C15H25NO3/c1-15(2,3)11-16-9-12(17)10-19-14-7-5-13(18-4)6-8-14/h5-8,12,16-17H,9-11H2,1-4H3. The minimum Gasteiger partial charge on any atom is -0.497 e. The number of hydrogen-bond acceptors (Lipinski definition) is 4. The fourth-order valence-electron chi connectivity index (χ4n) is 1.54. The van der Waals surface area contributed by atoms with Gasteiger partial charge in [-0.25, -0.2) is 0 Å². The van der Waals surface area contributed by atoms with Gasteiger partial charge in [0.1, 0.15) is 24.2 Å². The van der Waals surface area contributed by atoms with Crippen molar-refractivity contribution in [2.24, 2.45) is 5.41 Å². The van der Waals surface area contributed by atoms with Gasteiger partial charge in [0.25, 0.3) is 0 Å². The molecule has 108 valence electrons. The van der Waals surface area contributed by atoms with Crippen molar-refractivity contribution in [3.63, 3.8) is 0 Å². The maximum absolute atomic E-state index is 9.80. The zero-order chi connectivity index (χ0) is 14.3. The van der Waals surface area contributed by atoms with Crippen LogP contribution in [0.5, 0.6) is 11.5 Å². The van der Waals surface area contributed by atoms with Gasteiger partial charge in [-0.1, -0.05) is 20.8 Å². The van der Waals surface area contributed by atoms with Crippen LogP contribution in [0, 0.1) is 5.41 Å². The molecule has 0 saturated carbocycles. The summed E-state index contributed by atoms with van der Waals surface area (Å²) in [5, 5.41) is 13.0. The van der Waals surface area contributed by atoms with Crippen molar-refractivity contribution in [3.05, 3.63) is 24.3 Å². The molecule has 0 bridgehead atoms. The second-order valence-electron chi connectivity index (χ2n) is 5.83. The summed E-state index contributed by atoms with van der Waals surface area (Å²) in [4.78, 5) is 0. The first-order chi connectivity index (χ1) is 8.90. The molecule has 2 N–H and O–H groups in total. The number of benzene rings is 1. The van der Waals surface area contributed by atoms with E-state index in [0.717, 1.165) is 18.0 Å². The van der Waals surface area contributed by atoms with Crippen LogP contribution in [-0.4, -0.2) is 38.0 Å². The summed E-state index contributed by atoms with van der Waals surface area (Å²) in [5.74, 6) is 1.52. The van der Waals surface area contributed by atoms with Crippen LogP contribution in [0.4, 0.5) is 0 Å². The van der Waals surface area contributed by atoms with Gasteiger partial charge in [0, 0.05) is 13.1 Å². The molecule has 1 rings (SSSR count). The van der Waals surface area contributed by atoms with Crippen molar-refractivity contribution >= 4 is 0 Å². The monoisotopic (exact) mass is 267 g/mol. The maximum atomic E-state index is 9.80. The van der Waals surface area contributed by atoms with Crippen molar-refractivity contribution in [1.82, 2.24) is 5.32 Å². The van der Waals surface area contributed by atoms with Gasteiger partial charge in [0.05, 0.1) is 7.11 Å². The normalized spacial score (nSPS) is 13.1. The molecule has 0 radical (unpaired) electrons. The molecule has 0 fully saturated rings. The summed E-state index contributed by atoms with van der Waals surface area (Å²) < 4.78 is 10.6. The summed E-state index contributed by atoms with van der Waals surface area (Å²) in [5.41, 5.74) is 0.219. The number of nitrogens with one attached hydrogen (secondary N) is 1. The zero-order valence-electron chi connectivity index (χ0n) is 12.3. The summed E-state index contributed by atoms with van der Waals surface area (Å²) in [6, 6.07) is 7.32. The molecular weight excluding hydrogens is 242 g/mol. The molecule has 1 atom stereocenters. The smallest absolute Gasteiger partial charge is 0.119 e. The maximum Gasteiger partial charge on any atom is 0.119 e. The Balaban J connectivity index is 2.23. The lowest BCUT2D eigenvalue weighted by Gasteiger charge is -2.20. The number of aliphatic hydroxyl groups excluding tert-OH is 1. The molecular formula is C15H25NO3. The van der Waals surface area contributed by atoms with Crippen LogP contribution >= 0.6 is 0 Å². The van der Waals surface area contributed by atoms with E-state index in [9.17, 15) is 5.11 Å². The predicted octanol–water partition coefficient (Wildman–Crippen LogP) is 2.07. The van der Waals surface area contributed by atoms with Crippen LogP contribution in [0.2, 0.25) is 0 Å². The summed E-state index contributed by atoms with van der Waals surface area (Å²) in [6.07, 6.45) is -0.510. The van der Waals surface area contributed by atoms with E-state index in [4.69, 9.17) is 9.47 Å². The Labute approximate surface area is 115 Å². The molecule has 0 saturated heterocycles. The van der Waals surface area contributed by atoms with Crippen LogP contribution in [0.3, 0.4) is 0 Å². The molecule has 0 aromatic heterocycles. The molecule has 0 aliphatic rings. The van der Waals surface area contributed by atoms with E-state index < -0.39 is 6.10 Å². The second kappa shape index (κ2) is 7.36. The average molecular weight is 267 g/mol. The quantitative estimate of drug-likeness (QED) is 0.794. The van der Waals surface area contributed by atoms with Crippen LogP contribution in [0.1, 0.15) is 20.8 Å². The van der Waals surface area contributed by atoms with E-state index in [1.165, 1.54) is 0 Å². The Morgan fingerprint density at radius 1 is 1.16 bits per heavy atom. The first-order valence-electron chi connectivity index (χ1n) is 6.56. The van der Waals surface area contributed by atoms with E-state index >= 15 is 0 Å². The Kier molecular flexibility index (Phi) is 6.12. The van der Waals surface area contributed by atoms with Gasteiger partial charge in [0.2, 0.25) is 0 Å². The molecule has 4 nitrogen and oxygen atoms in total. The van der Waals surface area contributed by atoms with Crippen molar-refractivity contribution in [2.45, 2.75) is 26.9 Å². The molecule has 1 aromatic carbocycles. The second-order valence-corrected chi connectivity index (χ2v) is 5.83. The Morgan fingerprint density at radius 2 is 1.74 bits per heavy atom. The van der Waals surface area contributed by atoms with Crippen LogP contribution < -0.4 is 14.8 Å². The highest BCUT2D eigenvalue weighted by Crippen LogP contribution is 2.17. The van der Waals surface area contributed by atoms with E-state index in [2.05, 4.69) is 26.1 Å². The fraction of sp³-hybridized carbons (Fsp3) is 0.600. The Hall–Kier alpha value is -1.26. The van der Waals surface area contributed by atoms with Crippen molar-refractivity contribution in [2.75, 3.05) is 26.8 Å². The average Bonchev–Trinajstić information content (AvgIpc) is 2.35. The molecule has 19 heavy (non-hydrogen) atoms.